The maximum absolute atomic E-state index is 13.8. The van der Waals surface area contributed by atoms with Crippen molar-refractivity contribution in [3.05, 3.63) is 99.6 Å². The number of carbonyl (C=O) groups excluding carboxylic acids is 2. The minimum Gasteiger partial charge on any atom is -0.483 e. The minimum absolute atomic E-state index is 0.0165. The van der Waals surface area contributed by atoms with E-state index in [9.17, 15) is 9.59 Å². The van der Waals surface area contributed by atoms with Crippen LogP contribution in [0.5, 0.6) is 5.75 Å². The lowest BCUT2D eigenvalue weighted by Gasteiger charge is -2.32. The quantitative estimate of drug-likeness (QED) is 0.327. The van der Waals surface area contributed by atoms with Crippen LogP contribution in [0.1, 0.15) is 48.1 Å². The summed E-state index contributed by atoms with van der Waals surface area (Å²) in [4.78, 5) is 29.0. The van der Waals surface area contributed by atoms with Crippen LogP contribution in [-0.4, -0.2) is 35.4 Å². The summed E-state index contributed by atoms with van der Waals surface area (Å²) in [5.74, 6) is 0.201. The molecule has 3 aromatic carbocycles. The summed E-state index contributed by atoms with van der Waals surface area (Å²) in [5.41, 5.74) is 4.90. The van der Waals surface area contributed by atoms with Crippen molar-refractivity contribution in [1.29, 1.82) is 0 Å². The van der Waals surface area contributed by atoms with E-state index in [0.29, 0.717) is 17.2 Å². The molecule has 0 aliphatic heterocycles. The maximum Gasteiger partial charge on any atom is 0.261 e. The Kier molecular flexibility index (Phi) is 10.2. The van der Waals surface area contributed by atoms with Crippen LogP contribution in [0.2, 0.25) is 5.02 Å². The van der Waals surface area contributed by atoms with E-state index in [1.54, 1.807) is 11.0 Å². The Morgan fingerprint density at radius 1 is 1.00 bits per heavy atom. The Labute approximate surface area is 225 Å². The molecule has 0 unspecified atom stereocenters. The molecule has 2 amide bonds. The molecule has 0 saturated heterocycles. The molecule has 1 N–H and O–H groups in total. The normalized spacial score (nSPS) is 12.5. The standard InChI is InChI=1S/C31H37ClN2O3/c1-6-23(4)33-31(36)28(18-25-12-8-7-9-13-25)34(19-26-14-10-11-15-27(26)32)30(35)20-37-29-17-21(2)16-22(3)24(29)5/h7-17,23,28H,6,18-20H2,1-5H3,(H,33,36)/t23-,28+/m1/s1. The van der Waals surface area contributed by atoms with Crippen molar-refractivity contribution in [2.75, 3.05) is 6.61 Å². The van der Waals surface area contributed by atoms with Crippen LogP contribution in [0.3, 0.4) is 0 Å². The molecule has 0 aliphatic carbocycles. The molecule has 0 aromatic heterocycles. The number of amides is 2. The second kappa shape index (κ2) is 13.3. The maximum atomic E-state index is 13.8. The van der Waals surface area contributed by atoms with Crippen molar-refractivity contribution in [2.24, 2.45) is 0 Å². The molecule has 5 nitrogen and oxygen atoms in total. The first-order valence-electron chi connectivity index (χ1n) is 12.8. The molecule has 0 aliphatic rings. The predicted octanol–water partition coefficient (Wildman–Crippen LogP) is 6.20. The van der Waals surface area contributed by atoms with Crippen molar-refractivity contribution in [3.63, 3.8) is 0 Å². The van der Waals surface area contributed by atoms with Crippen LogP contribution >= 0.6 is 11.6 Å². The number of rotatable bonds is 11. The first kappa shape index (κ1) is 28.3. The van der Waals surface area contributed by atoms with E-state index in [4.69, 9.17) is 16.3 Å². The number of ether oxygens (including phenoxy) is 1. The number of benzene rings is 3. The zero-order valence-corrected chi connectivity index (χ0v) is 23.1. The van der Waals surface area contributed by atoms with Gasteiger partial charge in [0.05, 0.1) is 0 Å². The van der Waals surface area contributed by atoms with Crippen LogP contribution < -0.4 is 10.1 Å². The van der Waals surface area contributed by atoms with E-state index in [0.717, 1.165) is 34.2 Å². The van der Waals surface area contributed by atoms with Crippen LogP contribution in [0.4, 0.5) is 0 Å². The SMILES string of the molecule is CC[C@@H](C)NC(=O)[C@H](Cc1ccccc1)N(Cc1ccccc1Cl)C(=O)COc1cc(C)cc(C)c1C. The van der Waals surface area contributed by atoms with Crippen LogP contribution in [0.25, 0.3) is 0 Å². The van der Waals surface area contributed by atoms with E-state index in [1.165, 1.54) is 0 Å². The summed E-state index contributed by atoms with van der Waals surface area (Å²) in [5, 5.41) is 3.63. The summed E-state index contributed by atoms with van der Waals surface area (Å²) in [6.07, 6.45) is 1.17. The molecule has 0 bridgehead atoms. The van der Waals surface area contributed by atoms with Crippen molar-refractivity contribution in [3.8, 4) is 5.75 Å². The number of hydrogen-bond donors (Lipinski definition) is 1. The average molecular weight is 521 g/mol. The topological polar surface area (TPSA) is 58.6 Å². The Morgan fingerprint density at radius 3 is 2.35 bits per heavy atom. The fraction of sp³-hybridized carbons (Fsp3) is 0.355. The molecular formula is C31H37ClN2O3. The van der Waals surface area contributed by atoms with Gasteiger partial charge in [-0.05, 0) is 74.1 Å². The van der Waals surface area contributed by atoms with Crippen LogP contribution in [-0.2, 0) is 22.6 Å². The Balaban J connectivity index is 1.96. The summed E-state index contributed by atoms with van der Waals surface area (Å²) in [6.45, 7) is 9.99. The Hall–Kier alpha value is -3.31. The monoisotopic (exact) mass is 520 g/mol. The zero-order valence-electron chi connectivity index (χ0n) is 22.4. The lowest BCUT2D eigenvalue weighted by atomic mass is 10.0. The lowest BCUT2D eigenvalue weighted by Crippen LogP contribution is -2.53. The molecule has 2 atom stereocenters. The number of halogens is 1. The smallest absolute Gasteiger partial charge is 0.261 e. The molecule has 3 aromatic rings. The van der Waals surface area contributed by atoms with Crippen LogP contribution in [0.15, 0.2) is 66.7 Å². The van der Waals surface area contributed by atoms with Gasteiger partial charge >= 0.3 is 0 Å². The second-order valence-electron chi connectivity index (χ2n) is 9.63. The minimum atomic E-state index is -0.732. The third-order valence-corrected chi connectivity index (χ3v) is 7.05. The van der Waals surface area contributed by atoms with Gasteiger partial charge < -0.3 is 15.0 Å². The summed E-state index contributed by atoms with van der Waals surface area (Å²) < 4.78 is 6.04. The highest BCUT2D eigenvalue weighted by molar-refractivity contribution is 6.31. The van der Waals surface area contributed by atoms with Crippen molar-refractivity contribution >= 4 is 23.4 Å². The van der Waals surface area contributed by atoms with Gasteiger partial charge in [-0.2, -0.15) is 0 Å². The van der Waals surface area contributed by atoms with E-state index in [1.807, 2.05) is 89.2 Å². The predicted molar refractivity (Wildman–Crippen MR) is 150 cm³/mol. The Bertz CT molecular complexity index is 1210. The third kappa shape index (κ3) is 7.83. The number of nitrogens with zero attached hydrogens (tertiary/aromatic N) is 1. The first-order valence-corrected chi connectivity index (χ1v) is 13.1. The van der Waals surface area contributed by atoms with E-state index < -0.39 is 6.04 Å². The molecule has 0 saturated carbocycles. The highest BCUT2D eigenvalue weighted by Gasteiger charge is 2.31. The van der Waals surface area contributed by atoms with Gasteiger partial charge in [-0.1, -0.05) is 73.1 Å². The molecule has 3 rings (SSSR count). The lowest BCUT2D eigenvalue weighted by molar-refractivity contribution is -0.143. The van der Waals surface area contributed by atoms with Gasteiger partial charge in [0.25, 0.3) is 5.91 Å². The summed E-state index contributed by atoms with van der Waals surface area (Å²) in [6, 6.07) is 20.4. The number of nitrogens with one attached hydrogen (secondary N) is 1. The molecular weight excluding hydrogens is 484 g/mol. The highest BCUT2D eigenvalue weighted by atomic mass is 35.5. The van der Waals surface area contributed by atoms with E-state index in [-0.39, 0.29) is 31.0 Å². The number of carbonyl (C=O) groups is 2. The molecule has 0 spiro atoms. The van der Waals surface area contributed by atoms with Gasteiger partial charge in [0.2, 0.25) is 5.91 Å². The van der Waals surface area contributed by atoms with Gasteiger partial charge in [-0.25, -0.2) is 0 Å². The van der Waals surface area contributed by atoms with Crippen molar-refractivity contribution in [1.82, 2.24) is 10.2 Å². The summed E-state index contributed by atoms with van der Waals surface area (Å²) in [7, 11) is 0. The van der Waals surface area contributed by atoms with Crippen molar-refractivity contribution in [2.45, 2.75) is 66.1 Å². The number of hydrogen-bond acceptors (Lipinski definition) is 3. The fourth-order valence-corrected chi connectivity index (χ4v) is 4.37. The molecule has 196 valence electrons. The number of aryl methyl sites for hydroxylation is 2. The van der Waals surface area contributed by atoms with E-state index >= 15 is 0 Å². The van der Waals surface area contributed by atoms with Gasteiger partial charge in [0.15, 0.2) is 6.61 Å². The first-order chi connectivity index (χ1) is 17.7. The van der Waals surface area contributed by atoms with E-state index in [2.05, 4.69) is 11.4 Å². The molecule has 0 radical (unpaired) electrons. The molecule has 0 heterocycles. The summed E-state index contributed by atoms with van der Waals surface area (Å²) >= 11 is 6.48. The van der Waals surface area contributed by atoms with Gasteiger partial charge in [0, 0.05) is 24.0 Å². The van der Waals surface area contributed by atoms with Crippen LogP contribution in [0, 0.1) is 20.8 Å². The molecule has 37 heavy (non-hydrogen) atoms. The Morgan fingerprint density at radius 2 is 1.68 bits per heavy atom. The second-order valence-corrected chi connectivity index (χ2v) is 10.0. The largest absolute Gasteiger partial charge is 0.483 e. The van der Waals surface area contributed by atoms with Crippen molar-refractivity contribution < 1.29 is 14.3 Å². The average Bonchev–Trinajstić information content (AvgIpc) is 2.88. The zero-order chi connectivity index (χ0) is 26.9. The third-order valence-electron chi connectivity index (χ3n) is 6.69. The fourth-order valence-electron chi connectivity index (χ4n) is 4.18. The van der Waals surface area contributed by atoms with Gasteiger partial charge in [-0.15, -0.1) is 0 Å². The molecule has 0 fully saturated rings. The van der Waals surface area contributed by atoms with Gasteiger partial charge in [0.1, 0.15) is 11.8 Å². The van der Waals surface area contributed by atoms with Gasteiger partial charge in [-0.3, -0.25) is 9.59 Å². The molecule has 6 heteroatoms. The highest BCUT2D eigenvalue weighted by Crippen LogP contribution is 2.24.